The Kier molecular flexibility index (Phi) is 5.68. The molecule has 0 bridgehead atoms. The maximum atomic E-state index is 12.3. The number of thiocarbonyl (C=S) groups is 1. The lowest BCUT2D eigenvalue weighted by Gasteiger charge is -2.18. The summed E-state index contributed by atoms with van der Waals surface area (Å²) in [5, 5.41) is 6.00. The first-order valence-electron chi connectivity index (χ1n) is 6.48. The lowest BCUT2D eigenvalue weighted by atomic mass is 10.1. The van der Waals surface area contributed by atoms with Crippen molar-refractivity contribution in [2.45, 2.75) is 11.3 Å². The number of anilines is 1. The van der Waals surface area contributed by atoms with Gasteiger partial charge in [0.1, 0.15) is 6.79 Å². The number of hydrogen-bond donors (Lipinski definition) is 2. The lowest BCUT2D eigenvalue weighted by molar-refractivity contribution is -0.116. The Labute approximate surface area is 138 Å². The Bertz CT molecular complexity index is 693. The normalized spacial score (nSPS) is 15.4. The zero-order chi connectivity index (χ0) is 15.9. The van der Waals surface area contributed by atoms with Gasteiger partial charge in [0.15, 0.2) is 0 Å². The highest BCUT2D eigenvalue weighted by molar-refractivity contribution is 8.04. The van der Waals surface area contributed by atoms with Crippen LogP contribution in [-0.2, 0) is 9.59 Å². The van der Waals surface area contributed by atoms with E-state index >= 15 is 0 Å². The first-order chi connectivity index (χ1) is 10.7. The Morgan fingerprint density at radius 2 is 2.09 bits per heavy atom. The van der Waals surface area contributed by atoms with Crippen LogP contribution in [0, 0.1) is 0 Å². The number of amides is 1. The first kappa shape index (κ1) is 16.2. The van der Waals surface area contributed by atoms with E-state index in [-0.39, 0.29) is 5.91 Å². The minimum Gasteiger partial charge on any atom is -0.359 e. The molecule has 112 valence electrons. The fraction of sp³-hybridized carbons (Fsp3) is 0.0625. The van der Waals surface area contributed by atoms with Crippen LogP contribution in [0.2, 0.25) is 0 Å². The van der Waals surface area contributed by atoms with Crippen molar-refractivity contribution in [1.29, 1.82) is 0 Å². The van der Waals surface area contributed by atoms with E-state index in [0.29, 0.717) is 17.0 Å². The molecule has 1 aromatic carbocycles. The van der Waals surface area contributed by atoms with Crippen LogP contribution in [0.25, 0.3) is 0 Å². The molecule has 6 heteroatoms. The number of rotatable bonds is 2. The Morgan fingerprint density at radius 1 is 1.32 bits per heavy atom. The lowest BCUT2D eigenvalue weighted by Crippen LogP contribution is -2.28. The number of fused-ring (bicyclic) bond motifs is 1. The van der Waals surface area contributed by atoms with Crippen LogP contribution in [0.3, 0.4) is 0 Å². The summed E-state index contributed by atoms with van der Waals surface area (Å²) in [4.78, 5) is 22.7. The number of carbonyl (C=O) groups is 2. The van der Waals surface area contributed by atoms with Gasteiger partial charge in [0.05, 0.1) is 16.3 Å². The maximum absolute atomic E-state index is 12.3. The van der Waals surface area contributed by atoms with E-state index in [0.717, 1.165) is 15.4 Å². The van der Waals surface area contributed by atoms with E-state index in [1.807, 2.05) is 49.3 Å². The summed E-state index contributed by atoms with van der Waals surface area (Å²) in [6.07, 6.45) is 8.14. The molecule has 2 N–H and O–H groups in total. The van der Waals surface area contributed by atoms with E-state index in [2.05, 4.69) is 10.6 Å². The first-order valence-corrected chi connectivity index (χ1v) is 7.70. The van der Waals surface area contributed by atoms with Gasteiger partial charge in [-0.15, -0.1) is 0 Å². The third-order valence-electron chi connectivity index (χ3n) is 2.94. The van der Waals surface area contributed by atoms with Crippen LogP contribution in [0.5, 0.6) is 0 Å². The van der Waals surface area contributed by atoms with E-state index in [1.165, 1.54) is 11.8 Å². The summed E-state index contributed by atoms with van der Waals surface area (Å²) < 4.78 is 0. The van der Waals surface area contributed by atoms with Gasteiger partial charge in [-0.1, -0.05) is 48.3 Å². The summed E-state index contributed by atoms with van der Waals surface area (Å²) in [6, 6.07) is 7.89. The molecule has 0 saturated carbocycles. The Balaban J connectivity index is 0.000000847. The molecule has 1 aliphatic carbocycles. The molecule has 0 spiro atoms. The predicted molar refractivity (Wildman–Crippen MR) is 93.7 cm³/mol. The molecule has 0 saturated heterocycles. The summed E-state index contributed by atoms with van der Waals surface area (Å²) in [6.45, 7) is 2.00. The predicted octanol–water partition coefficient (Wildman–Crippen LogP) is 3.19. The topological polar surface area (TPSA) is 58.2 Å². The molecule has 3 rings (SSSR count). The molecule has 0 unspecified atom stereocenters. The quantitative estimate of drug-likeness (QED) is 0.816. The highest BCUT2D eigenvalue weighted by Gasteiger charge is 2.19. The van der Waals surface area contributed by atoms with Crippen LogP contribution < -0.4 is 10.6 Å². The SMILES string of the molecule is C=O.O=C(NC1=CC=CCC1=S)C1=CNc2ccccc2S1. The van der Waals surface area contributed by atoms with Crippen molar-refractivity contribution in [2.75, 3.05) is 5.32 Å². The smallest absolute Gasteiger partial charge is 0.263 e. The zero-order valence-corrected chi connectivity index (χ0v) is 13.3. The summed E-state index contributed by atoms with van der Waals surface area (Å²) in [5.41, 5.74) is 1.73. The highest BCUT2D eigenvalue weighted by Crippen LogP contribution is 2.36. The van der Waals surface area contributed by atoms with Gasteiger partial charge < -0.3 is 15.4 Å². The molecule has 1 heterocycles. The van der Waals surface area contributed by atoms with Gasteiger partial charge in [0, 0.05) is 22.4 Å². The fourth-order valence-corrected chi connectivity index (χ4v) is 3.01. The van der Waals surface area contributed by atoms with Gasteiger partial charge >= 0.3 is 0 Å². The van der Waals surface area contributed by atoms with Crippen molar-refractivity contribution in [3.63, 3.8) is 0 Å². The number of carbonyl (C=O) groups excluding carboxylic acids is 2. The standard InChI is InChI=1S/C15H12N2OS2.CH2O/c18-15(17-10-5-1-3-7-12(10)19)14-9-16-11-6-2-4-8-13(11)20-14;1-2/h1-6,8-9,16H,7H2,(H,17,18);1H2. The second-order valence-electron chi connectivity index (χ2n) is 4.34. The molecule has 1 aliphatic heterocycles. The van der Waals surface area contributed by atoms with Gasteiger partial charge in [0.2, 0.25) is 0 Å². The van der Waals surface area contributed by atoms with Crippen LogP contribution in [0.4, 0.5) is 5.69 Å². The van der Waals surface area contributed by atoms with Gasteiger partial charge in [-0.3, -0.25) is 4.79 Å². The van der Waals surface area contributed by atoms with E-state index in [4.69, 9.17) is 17.0 Å². The van der Waals surface area contributed by atoms with Gasteiger partial charge in [-0.05, 0) is 18.2 Å². The van der Waals surface area contributed by atoms with Crippen LogP contribution in [0.15, 0.2) is 64.2 Å². The van der Waals surface area contributed by atoms with Crippen molar-refractivity contribution < 1.29 is 9.59 Å². The zero-order valence-electron chi connectivity index (χ0n) is 11.7. The second-order valence-corrected chi connectivity index (χ2v) is 5.92. The van der Waals surface area contributed by atoms with E-state index in [1.54, 1.807) is 6.20 Å². The molecule has 0 atom stereocenters. The summed E-state index contributed by atoms with van der Waals surface area (Å²) >= 11 is 6.69. The third kappa shape index (κ3) is 3.72. The molecule has 0 radical (unpaired) electrons. The van der Waals surface area contributed by atoms with Crippen molar-refractivity contribution in [2.24, 2.45) is 0 Å². The number of thioether (sulfide) groups is 1. The largest absolute Gasteiger partial charge is 0.359 e. The number of nitrogens with one attached hydrogen (secondary N) is 2. The summed E-state index contributed by atoms with van der Waals surface area (Å²) in [7, 11) is 0. The molecule has 2 aliphatic rings. The van der Waals surface area contributed by atoms with Crippen LogP contribution >= 0.6 is 24.0 Å². The Hall–Kier alpha value is -2.18. The van der Waals surface area contributed by atoms with Crippen LogP contribution in [0.1, 0.15) is 6.42 Å². The molecular weight excluding hydrogens is 316 g/mol. The minimum absolute atomic E-state index is 0.138. The molecule has 0 aromatic heterocycles. The van der Waals surface area contributed by atoms with E-state index in [9.17, 15) is 4.79 Å². The third-order valence-corrected chi connectivity index (χ3v) is 4.43. The van der Waals surface area contributed by atoms with Gasteiger partial charge in [-0.25, -0.2) is 0 Å². The van der Waals surface area contributed by atoms with Gasteiger partial charge in [-0.2, -0.15) is 0 Å². The molecule has 4 nitrogen and oxygen atoms in total. The molecule has 1 amide bonds. The molecule has 1 aromatic rings. The Morgan fingerprint density at radius 3 is 2.86 bits per heavy atom. The van der Waals surface area contributed by atoms with Gasteiger partial charge in [0.25, 0.3) is 5.91 Å². The second kappa shape index (κ2) is 7.72. The number of para-hydroxylation sites is 1. The maximum Gasteiger partial charge on any atom is 0.263 e. The molecule has 0 fully saturated rings. The number of benzene rings is 1. The summed E-state index contributed by atoms with van der Waals surface area (Å²) in [5.74, 6) is -0.138. The van der Waals surface area contributed by atoms with Crippen molar-refractivity contribution in [3.8, 4) is 0 Å². The average Bonchev–Trinajstić information content (AvgIpc) is 2.58. The number of hydrogen-bond acceptors (Lipinski definition) is 5. The van der Waals surface area contributed by atoms with Crippen LogP contribution in [-0.4, -0.2) is 17.6 Å². The van der Waals surface area contributed by atoms with Crippen molar-refractivity contribution >= 4 is 47.2 Å². The molecular formula is C16H14N2O2S2. The van der Waals surface area contributed by atoms with E-state index < -0.39 is 0 Å². The minimum atomic E-state index is -0.138. The average molecular weight is 330 g/mol. The van der Waals surface area contributed by atoms with Crippen molar-refractivity contribution in [1.82, 2.24) is 5.32 Å². The monoisotopic (exact) mass is 330 g/mol. The van der Waals surface area contributed by atoms with Crippen molar-refractivity contribution in [3.05, 3.63) is 59.3 Å². The molecule has 22 heavy (non-hydrogen) atoms. The highest BCUT2D eigenvalue weighted by atomic mass is 32.2. The fourth-order valence-electron chi connectivity index (χ4n) is 1.92. The number of allylic oxidation sites excluding steroid dienone is 4.